The maximum atomic E-state index is 11.9. The molecule has 134 valence electrons. The second-order valence-electron chi connectivity index (χ2n) is 6.39. The first kappa shape index (κ1) is 19.0. The highest BCUT2D eigenvalue weighted by Gasteiger charge is 2.02. The summed E-state index contributed by atoms with van der Waals surface area (Å²) in [6.07, 6.45) is 0.761. The lowest BCUT2D eigenvalue weighted by atomic mass is 10.1. The van der Waals surface area contributed by atoms with Crippen LogP contribution >= 0.6 is 0 Å². The van der Waals surface area contributed by atoms with Crippen LogP contribution in [-0.4, -0.2) is 36.7 Å². The molecular weight excluding hydrogens is 314 g/mol. The molecule has 0 radical (unpaired) electrons. The molecule has 0 unspecified atom stereocenters. The molecule has 0 saturated heterocycles. The third-order valence-corrected chi connectivity index (χ3v) is 3.85. The van der Waals surface area contributed by atoms with Crippen LogP contribution in [0.1, 0.15) is 22.3 Å². The first-order valence-electron chi connectivity index (χ1n) is 8.50. The van der Waals surface area contributed by atoms with E-state index >= 15 is 0 Å². The highest BCUT2D eigenvalue weighted by molar-refractivity contribution is 5.73. The second-order valence-corrected chi connectivity index (χ2v) is 6.39. The molecule has 5 nitrogen and oxygen atoms in total. The van der Waals surface area contributed by atoms with Crippen LogP contribution in [0, 0.1) is 0 Å². The third kappa shape index (κ3) is 6.95. The fraction of sp³-hybridized carbons (Fsp3) is 0.350. The molecule has 25 heavy (non-hydrogen) atoms. The Morgan fingerprint density at radius 2 is 1.64 bits per heavy atom. The van der Waals surface area contributed by atoms with E-state index in [2.05, 4.69) is 27.7 Å². The van der Waals surface area contributed by atoms with Gasteiger partial charge in [-0.1, -0.05) is 48.5 Å². The van der Waals surface area contributed by atoms with Gasteiger partial charge in [0.25, 0.3) is 0 Å². The number of carbonyl (C=O) groups is 1. The summed E-state index contributed by atoms with van der Waals surface area (Å²) in [7, 11) is 4.07. The maximum absolute atomic E-state index is 11.9. The lowest BCUT2D eigenvalue weighted by molar-refractivity contribution is 0.240. The molecule has 0 aliphatic heterocycles. The maximum Gasteiger partial charge on any atom is 0.315 e. The Bertz CT molecular complexity index is 669. The van der Waals surface area contributed by atoms with E-state index in [1.165, 1.54) is 5.56 Å². The summed E-state index contributed by atoms with van der Waals surface area (Å²) in [5.74, 6) is 0. The Morgan fingerprint density at radius 3 is 2.32 bits per heavy atom. The number of aliphatic hydroxyl groups is 1. The first-order chi connectivity index (χ1) is 12.1. The molecule has 0 aliphatic rings. The van der Waals surface area contributed by atoms with Crippen molar-refractivity contribution in [2.45, 2.75) is 26.1 Å². The monoisotopic (exact) mass is 341 g/mol. The Morgan fingerprint density at radius 1 is 0.960 bits per heavy atom. The number of benzene rings is 2. The minimum Gasteiger partial charge on any atom is -0.392 e. The fourth-order valence-electron chi connectivity index (χ4n) is 2.58. The van der Waals surface area contributed by atoms with E-state index < -0.39 is 0 Å². The molecule has 5 heteroatoms. The third-order valence-electron chi connectivity index (χ3n) is 3.85. The van der Waals surface area contributed by atoms with Crippen molar-refractivity contribution in [1.82, 2.24) is 15.5 Å². The van der Waals surface area contributed by atoms with Gasteiger partial charge in [-0.3, -0.25) is 0 Å². The summed E-state index contributed by atoms with van der Waals surface area (Å²) in [5, 5.41) is 14.8. The van der Waals surface area contributed by atoms with Crippen LogP contribution in [0.4, 0.5) is 4.79 Å². The van der Waals surface area contributed by atoms with E-state index in [1.807, 2.05) is 50.5 Å². The standard InChI is InChI=1S/C20H27N3O2/c1-23(2)14-19-5-3-4-18(12-19)13-22-20(25)21-11-10-16-6-8-17(15-24)9-7-16/h3-9,12,24H,10-11,13-15H2,1-2H3,(H2,21,22,25). The van der Waals surface area contributed by atoms with Crippen LogP contribution in [0.5, 0.6) is 0 Å². The van der Waals surface area contributed by atoms with E-state index in [4.69, 9.17) is 5.11 Å². The number of hydrogen-bond donors (Lipinski definition) is 3. The number of nitrogens with zero attached hydrogens (tertiary/aromatic N) is 1. The number of urea groups is 1. The number of carbonyl (C=O) groups excluding carboxylic acids is 1. The van der Waals surface area contributed by atoms with Crippen LogP contribution in [0.3, 0.4) is 0 Å². The number of hydrogen-bond acceptors (Lipinski definition) is 3. The molecule has 2 amide bonds. The summed E-state index contributed by atoms with van der Waals surface area (Å²) in [6, 6.07) is 15.8. The number of nitrogens with one attached hydrogen (secondary N) is 2. The first-order valence-corrected chi connectivity index (χ1v) is 8.50. The van der Waals surface area contributed by atoms with Gasteiger partial charge in [-0.25, -0.2) is 4.79 Å². The van der Waals surface area contributed by atoms with Crippen LogP contribution < -0.4 is 10.6 Å². The van der Waals surface area contributed by atoms with Gasteiger partial charge >= 0.3 is 6.03 Å². The fourth-order valence-corrected chi connectivity index (χ4v) is 2.58. The molecule has 0 saturated carbocycles. The number of aliphatic hydroxyl groups excluding tert-OH is 1. The molecule has 2 aromatic carbocycles. The topological polar surface area (TPSA) is 64.6 Å². The predicted octanol–water partition coefficient (Wildman–Crippen LogP) is 2.28. The van der Waals surface area contributed by atoms with E-state index in [-0.39, 0.29) is 12.6 Å². The molecule has 0 spiro atoms. The molecule has 0 fully saturated rings. The quantitative estimate of drug-likeness (QED) is 0.690. The largest absolute Gasteiger partial charge is 0.392 e. The zero-order chi connectivity index (χ0) is 18.1. The molecule has 0 atom stereocenters. The lowest BCUT2D eigenvalue weighted by Gasteiger charge is -2.12. The van der Waals surface area contributed by atoms with Crippen molar-refractivity contribution in [3.05, 3.63) is 70.8 Å². The summed E-state index contributed by atoms with van der Waals surface area (Å²) in [5.41, 5.74) is 4.35. The van der Waals surface area contributed by atoms with Crippen LogP contribution in [0.15, 0.2) is 48.5 Å². The Balaban J connectivity index is 1.71. The molecular formula is C20H27N3O2. The highest BCUT2D eigenvalue weighted by Crippen LogP contribution is 2.07. The van der Waals surface area contributed by atoms with Gasteiger partial charge in [0, 0.05) is 19.6 Å². The molecule has 3 N–H and O–H groups in total. The van der Waals surface area contributed by atoms with Crippen molar-refractivity contribution >= 4 is 6.03 Å². The Kier molecular flexibility index (Phi) is 7.44. The van der Waals surface area contributed by atoms with Crippen LogP contribution in [0.2, 0.25) is 0 Å². The van der Waals surface area contributed by atoms with E-state index in [0.29, 0.717) is 13.1 Å². The van der Waals surface area contributed by atoms with E-state index in [1.54, 1.807) is 0 Å². The van der Waals surface area contributed by atoms with Gasteiger partial charge in [0.1, 0.15) is 0 Å². The molecule has 2 rings (SSSR count). The SMILES string of the molecule is CN(C)Cc1cccc(CNC(=O)NCCc2ccc(CO)cc2)c1. The zero-order valence-corrected chi connectivity index (χ0v) is 15.0. The number of amides is 2. The van der Waals surface area contributed by atoms with Gasteiger partial charge in [-0.15, -0.1) is 0 Å². The van der Waals surface area contributed by atoms with Gasteiger partial charge in [-0.2, -0.15) is 0 Å². The second kappa shape index (κ2) is 9.81. The van der Waals surface area contributed by atoms with Gasteiger partial charge in [0.2, 0.25) is 0 Å². The van der Waals surface area contributed by atoms with Gasteiger partial charge in [0.05, 0.1) is 6.61 Å². The zero-order valence-electron chi connectivity index (χ0n) is 15.0. The molecule has 0 aliphatic carbocycles. The Hall–Kier alpha value is -2.37. The molecule has 2 aromatic rings. The van der Waals surface area contributed by atoms with Crippen molar-refractivity contribution in [1.29, 1.82) is 0 Å². The van der Waals surface area contributed by atoms with Crippen molar-refractivity contribution in [2.24, 2.45) is 0 Å². The molecule has 0 aromatic heterocycles. The predicted molar refractivity (Wildman–Crippen MR) is 100 cm³/mol. The average Bonchev–Trinajstić information content (AvgIpc) is 2.60. The summed E-state index contributed by atoms with van der Waals surface area (Å²) >= 11 is 0. The minimum atomic E-state index is -0.162. The van der Waals surface area contributed by atoms with Crippen LogP contribution in [-0.2, 0) is 26.1 Å². The summed E-state index contributed by atoms with van der Waals surface area (Å²) in [6.45, 7) is 2.02. The number of rotatable bonds is 8. The average molecular weight is 341 g/mol. The van der Waals surface area contributed by atoms with Crippen molar-refractivity contribution in [3.8, 4) is 0 Å². The van der Waals surface area contributed by atoms with Gasteiger partial charge in [-0.05, 0) is 42.8 Å². The van der Waals surface area contributed by atoms with Crippen molar-refractivity contribution in [3.63, 3.8) is 0 Å². The van der Waals surface area contributed by atoms with Gasteiger partial charge in [0.15, 0.2) is 0 Å². The molecule has 0 bridgehead atoms. The highest BCUT2D eigenvalue weighted by atomic mass is 16.3. The summed E-state index contributed by atoms with van der Waals surface area (Å²) in [4.78, 5) is 14.0. The van der Waals surface area contributed by atoms with Gasteiger partial charge < -0.3 is 20.6 Å². The van der Waals surface area contributed by atoms with E-state index in [9.17, 15) is 4.79 Å². The normalized spacial score (nSPS) is 10.7. The lowest BCUT2D eigenvalue weighted by Crippen LogP contribution is -2.36. The minimum absolute atomic E-state index is 0.0523. The smallest absolute Gasteiger partial charge is 0.315 e. The summed E-state index contributed by atoms with van der Waals surface area (Å²) < 4.78 is 0. The molecule has 0 heterocycles. The van der Waals surface area contributed by atoms with E-state index in [0.717, 1.165) is 29.7 Å². The Labute approximate surface area is 149 Å². The van der Waals surface area contributed by atoms with Crippen molar-refractivity contribution < 1.29 is 9.90 Å². The van der Waals surface area contributed by atoms with Crippen molar-refractivity contribution in [2.75, 3.05) is 20.6 Å². The van der Waals surface area contributed by atoms with Crippen LogP contribution in [0.25, 0.3) is 0 Å².